The van der Waals surface area contributed by atoms with E-state index >= 15 is 0 Å². The second-order valence-corrected chi connectivity index (χ2v) is 4.69. The molecular weight excluding hydrogens is 218 g/mol. The van der Waals surface area contributed by atoms with Gasteiger partial charge in [0, 0.05) is 7.05 Å². The first-order valence-corrected chi connectivity index (χ1v) is 7.15. The molecule has 0 aliphatic carbocycles. The van der Waals surface area contributed by atoms with Gasteiger partial charge in [0.15, 0.2) is 0 Å². The zero-order chi connectivity index (χ0) is 13.8. The highest BCUT2D eigenvalue weighted by Gasteiger charge is 2.03. The van der Waals surface area contributed by atoms with Crippen LogP contribution in [0.1, 0.15) is 59.3 Å². The van der Waals surface area contributed by atoms with Crippen molar-refractivity contribution in [2.45, 2.75) is 59.3 Å². The van der Waals surface area contributed by atoms with Crippen molar-refractivity contribution in [2.75, 3.05) is 7.05 Å². The van der Waals surface area contributed by atoms with Gasteiger partial charge in [-0.2, -0.15) is 0 Å². The molecule has 0 saturated heterocycles. The van der Waals surface area contributed by atoms with Gasteiger partial charge >= 0.3 is 0 Å². The van der Waals surface area contributed by atoms with E-state index in [1.807, 2.05) is 13.1 Å². The van der Waals surface area contributed by atoms with E-state index in [1.165, 1.54) is 36.8 Å². The van der Waals surface area contributed by atoms with E-state index in [4.69, 9.17) is 0 Å². The molecule has 1 heteroatoms. The van der Waals surface area contributed by atoms with Crippen LogP contribution in [0.2, 0.25) is 0 Å². The lowest BCUT2D eigenvalue weighted by atomic mass is 9.99. The Balaban J connectivity index is 4.66. The van der Waals surface area contributed by atoms with Crippen molar-refractivity contribution in [1.29, 1.82) is 0 Å². The summed E-state index contributed by atoms with van der Waals surface area (Å²) in [7, 11) is 1.87. The van der Waals surface area contributed by atoms with Crippen molar-refractivity contribution in [3.05, 3.63) is 36.0 Å². The van der Waals surface area contributed by atoms with Crippen LogP contribution >= 0.6 is 0 Å². The topological polar surface area (TPSA) is 12.4 Å². The maximum atomic E-state index is 4.42. The third kappa shape index (κ3) is 7.26. The van der Waals surface area contributed by atoms with Gasteiger partial charge in [0.2, 0.25) is 0 Å². The fraction of sp³-hybridized carbons (Fsp3) is 0.588. The third-order valence-corrected chi connectivity index (χ3v) is 3.13. The van der Waals surface area contributed by atoms with Gasteiger partial charge in [-0.05, 0) is 37.8 Å². The summed E-state index contributed by atoms with van der Waals surface area (Å²) >= 11 is 0. The molecule has 0 fully saturated rings. The molecule has 0 unspecified atom stereocenters. The van der Waals surface area contributed by atoms with Gasteiger partial charge in [-0.3, -0.25) is 4.99 Å². The van der Waals surface area contributed by atoms with Crippen LogP contribution in [0.5, 0.6) is 0 Å². The molecule has 0 aromatic heterocycles. The van der Waals surface area contributed by atoms with E-state index < -0.39 is 0 Å². The fourth-order valence-corrected chi connectivity index (χ4v) is 1.82. The molecule has 0 amide bonds. The van der Waals surface area contributed by atoms with Crippen LogP contribution in [-0.2, 0) is 0 Å². The highest BCUT2D eigenvalue weighted by molar-refractivity contribution is 6.08. The second-order valence-electron chi connectivity index (χ2n) is 4.69. The number of aliphatic imine (C=N–C) groups is 1. The molecule has 0 aromatic rings. The number of nitrogens with zero attached hydrogens (tertiary/aromatic N) is 1. The fourth-order valence-electron chi connectivity index (χ4n) is 1.82. The standard InChI is InChI=1S/C17H29N/c1-6-9-10-11-13-16(12-7-2)17(18-5)14-15(4)8-3/h7,12,14H,2,6,8-11,13H2,1,3-5H3/b15-14?,16-12-,18-17?. The summed E-state index contributed by atoms with van der Waals surface area (Å²) in [5.74, 6) is 0. The van der Waals surface area contributed by atoms with Crippen LogP contribution in [0.15, 0.2) is 40.9 Å². The van der Waals surface area contributed by atoms with Crippen molar-refractivity contribution in [3.63, 3.8) is 0 Å². The molecule has 0 aliphatic heterocycles. The smallest absolute Gasteiger partial charge is 0.0602 e. The molecule has 0 aromatic carbocycles. The lowest BCUT2D eigenvalue weighted by molar-refractivity contribution is 0.670. The first-order valence-electron chi connectivity index (χ1n) is 7.15. The van der Waals surface area contributed by atoms with Crippen LogP contribution in [0, 0.1) is 0 Å². The van der Waals surface area contributed by atoms with E-state index in [2.05, 4.69) is 44.5 Å². The van der Waals surface area contributed by atoms with Crippen LogP contribution in [-0.4, -0.2) is 12.8 Å². The van der Waals surface area contributed by atoms with E-state index in [1.54, 1.807) is 0 Å². The Morgan fingerprint density at radius 3 is 2.39 bits per heavy atom. The molecule has 102 valence electrons. The van der Waals surface area contributed by atoms with Gasteiger partial charge in [0.25, 0.3) is 0 Å². The van der Waals surface area contributed by atoms with E-state index in [0.717, 1.165) is 18.6 Å². The minimum absolute atomic E-state index is 1.08. The summed E-state index contributed by atoms with van der Waals surface area (Å²) in [6, 6.07) is 0. The molecule has 0 spiro atoms. The predicted molar refractivity (Wildman–Crippen MR) is 84.4 cm³/mol. The summed E-state index contributed by atoms with van der Waals surface area (Å²) in [5, 5.41) is 0. The average Bonchev–Trinajstić information content (AvgIpc) is 2.39. The zero-order valence-electron chi connectivity index (χ0n) is 12.6. The van der Waals surface area contributed by atoms with Crippen molar-refractivity contribution >= 4 is 5.71 Å². The molecule has 18 heavy (non-hydrogen) atoms. The summed E-state index contributed by atoms with van der Waals surface area (Å²) < 4.78 is 0. The largest absolute Gasteiger partial charge is 0.288 e. The predicted octanol–water partition coefficient (Wildman–Crippen LogP) is 5.50. The molecule has 0 saturated carbocycles. The van der Waals surface area contributed by atoms with Crippen LogP contribution in [0.25, 0.3) is 0 Å². The highest BCUT2D eigenvalue weighted by Crippen LogP contribution is 2.14. The molecule has 0 aliphatic rings. The van der Waals surface area contributed by atoms with Crippen molar-refractivity contribution in [2.24, 2.45) is 4.99 Å². The molecule has 0 N–H and O–H groups in total. The molecular formula is C17H29N. The summed E-state index contributed by atoms with van der Waals surface area (Å²) in [6.07, 6.45) is 13.5. The van der Waals surface area contributed by atoms with E-state index in [-0.39, 0.29) is 0 Å². The van der Waals surface area contributed by atoms with E-state index in [9.17, 15) is 0 Å². The minimum atomic E-state index is 1.08. The van der Waals surface area contributed by atoms with Gasteiger partial charge in [-0.15, -0.1) is 0 Å². The minimum Gasteiger partial charge on any atom is -0.288 e. The Kier molecular flexibility index (Phi) is 10.3. The SMILES string of the molecule is C=C/C=C(/CCCCCC)C(C=C(C)CC)=NC. The Hall–Kier alpha value is -1.11. The van der Waals surface area contributed by atoms with Gasteiger partial charge in [-0.25, -0.2) is 0 Å². The number of unbranched alkanes of at least 4 members (excludes halogenated alkanes) is 3. The Morgan fingerprint density at radius 2 is 1.89 bits per heavy atom. The number of hydrogen-bond acceptors (Lipinski definition) is 1. The van der Waals surface area contributed by atoms with Gasteiger partial charge in [0.1, 0.15) is 0 Å². The molecule has 0 atom stereocenters. The van der Waals surface area contributed by atoms with Crippen molar-refractivity contribution in [1.82, 2.24) is 0 Å². The zero-order valence-corrected chi connectivity index (χ0v) is 12.6. The lowest BCUT2D eigenvalue weighted by Crippen LogP contribution is -2.01. The lowest BCUT2D eigenvalue weighted by Gasteiger charge is -2.08. The van der Waals surface area contributed by atoms with Crippen LogP contribution in [0.4, 0.5) is 0 Å². The normalized spacial score (nSPS) is 13.9. The molecule has 0 bridgehead atoms. The first kappa shape index (κ1) is 16.9. The summed E-state index contributed by atoms with van der Waals surface area (Å²) in [5.41, 5.74) is 3.81. The quantitative estimate of drug-likeness (QED) is 0.290. The van der Waals surface area contributed by atoms with Crippen molar-refractivity contribution in [3.8, 4) is 0 Å². The summed E-state index contributed by atoms with van der Waals surface area (Å²) in [6.45, 7) is 10.4. The van der Waals surface area contributed by atoms with Crippen LogP contribution in [0.3, 0.4) is 0 Å². The average molecular weight is 247 g/mol. The van der Waals surface area contributed by atoms with E-state index in [0.29, 0.717) is 0 Å². The van der Waals surface area contributed by atoms with Gasteiger partial charge in [0.05, 0.1) is 5.71 Å². The Morgan fingerprint density at radius 1 is 1.17 bits per heavy atom. The molecule has 0 heterocycles. The van der Waals surface area contributed by atoms with Gasteiger partial charge < -0.3 is 0 Å². The number of rotatable bonds is 9. The van der Waals surface area contributed by atoms with Gasteiger partial charge in [-0.1, -0.05) is 57.4 Å². The number of hydrogen-bond donors (Lipinski definition) is 0. The molecule has 0 radical (unpaired) electrons. The second kappa shape index (κ2) is 11.0. The Labute approximate surface area is 113 Å². The maximum absolute atomic E-state index is 4.42. The maximum Gasteiger partial charge on any atom is 0.0602 e. The Bertz CT molecular complexity index is 319. The molecule has 0 rings (SSSR count). The third-order valence-electron chi connectivity index (χ3n) is 3.13. The monoisotopic (exact) mass is 247 g/mol. The number of allylic oxidation sites excluding steroid dienone is 5. The first-order chi connectivity index (χ1) is 8.69. The summed E-state index contributed by atoms with van der Waals surface area (Å²) in [4.78, 5) is 4.42. The van der Waals surface area contributed by atoms with Crippen molar-refractivity contribution < 1.29 is 0 Å². The van der Waals surface area contributed by atoms with Crippen LogP contribution < -0.4 is 0 Å². The highest BCUT2D eigenvalue weighted by atomic mass is 14.7. The molecule has 1 nitrogen and oxygen atoms in total.